The van der Waals surface area contributed by atoms with Gasteiger partial charge in [-0.05, 0) is 55.5 Å². The van der Waals surface area contributed by atoms with E-state index in [0.717, 1.165) is 51.5 Å². The van der Waals surface area contributed by atoms with Gasteiger partial charge in [-0.2, -0.15) is 0 Å². The second kappa shape index (κ2) is 11.1. The first kappa shape index (κ1) is 24.4. The van der Waals surface area contributed by atoms with Crippen LogP contribution >= 0.6 is 11.3 Å². The van der Waals surface area contributed by atoms with Gasteiger partial charge < -0.3 is 5.32 Å². The lowest BCUT2D eigenvalue weighted by atomic mass is 9.81. The predicted octanol–water partition coefficient (Wildman–Crippen LogP) is 4.52. The molecule has 2 heterocycles. The summed E-state index contributed by atoms with van der Waals surface area (Å²) >= 11 is 1.30. The predicted molar refractivity (Wildman–Crippen MR) is 134 cm³/mol. The number of carbonyl (C=O) groups is 1. The van der Waals surface area contributed by atoms with Gasteiger partial charge in [0.05, 0.1) is 12.1 Å². The van der Waals surface area contributed by atoms with E-state index in [1.807, 2.05) is 0 Å². The molecular formula is C26H32FN3O3S. The summed E-state index contributed by atoms with van der Waals surface area (Å²) in [5.74, 6) is -0.0817. The molecule has 0 saturated heterocycles. The fraction of sp³-hybridized carbons (Fsp3) is 0.500. The summed E-state index contributed by atoms with van der Waals surface area (Å²) in [7, 11) is 0. The first-order chi connectivity index (χ1) is 16.5. The van der Waals surface area contributed by atoms with Crippen LogP contribution in [-0.2, 0) is 17.9 Å². The monoisotopic (exact) mass is 485 g/mol. The van der Waals surface area contributed by atoms with Crippen LogP contribution in [-0.4, -0.2) is 21.6 Å². The number of halogens is 1. The highest BCUT2D eigenvalue weighted by Crippen LogP contribution is 2.30. The van der Waals surface area contributed by atoms with Crippen molar-refractivity contribution < 1.29 is 9.18 Å². The second-order valence-electron chi connectivity index (χ2n) is 9.23. The van der Waals surface area contributed by atoms with Gasteiger partial charge >= 0.3 is 5.69 Å². The average molecular weight is 486 g/mol. The minimum atomic E-state index is -0.407. The summed E-state index contributed by atoms with van der Waals surface area (Å²) in [6.45, 7) is 3.27. The molecule has 1 N–H and O–H groups in total. The number of unbranched alkanes of at least 4 members (excludes halogenated alkanes) is 2. The molecule has 1 aromatic carbocycles. The molecular weight excluding hydrogens is 453 g/mol. The van der Waals surface area contributed by atoms with E-state index in [0.29, 0.717) is 22.3 Å². The molecule has 0 spiro atoms. The van der Waals surface area contributed by atoms with Gasteiger partial charge in [-0.15, -0.1) is 11.3 Å². The molecule has 8 heteroatoms. The van der Waals surface area contributed by atoms with Crippen LogP contribution < -0.4 is 16.6 Å². The Morgan fingerprint density at radius 3 is 2.59 bits per heavy atom. The van der Waals surface area contributed by atoms with Crippen LogP contribution in [0.5, 0.6) is 0 Å². The third-order valence-electron chi connectivity index (χ3n) is 6.86. The Bertz CT molecular complexity index is 1250. The van der Waals surface area contributed by atoms with Crippen molar-refractivity contribution in [1.29, 1.82) is 0 Å². The molecule has 4 rings (SSSR count). The Morgan fingerprint density at radius 1 is 1.09 bits per heavy atom. The Morgan fingerprint density at radius 2 is 1.85 bits per heavy atom. The number of hydrogen-bond acceptors (Lipinski definition) is 4. The largest absolute Gasteiger partial charge is 0.356 e. The van der Waals surface area contributed by atoms with Gasteiger partial charge in [-0.1, -0.05) is 38.0 Å². The summed E-state index contributed by atoms with van der Waals surface area (Å²) in [5, 5.41) is 4.84. The molecule has 0 bridgehead atoms. The summed E-state index contributed by atoms with van der Waals surface area (Å²) < 4.78 is 17.6. The molecule has 6 nitrogen and oxygen atoms in total. The first-order valence-corrected chi connectivity index (χ1v) is 13.1. The van der Waals surface area contributed by atoms with Crippen molar-refractivity contribution in [1.82, 2.24) is 14.5 Å². The molecule has 1 aliphatic rings. The van der Waals surface area contributed by atoms with Gasteiger partial charge in [0, 0.05) is 24.6 Å². The number of thiophene rings is 1. The zero-order valence-electron chi connectivity index (χ0n) is 19.6. The van der Waals surface area contributed by atoms with Crippen LogP contribution in [0, 0.1) is 17.7 Å². The quantitative estimate of drug-likeness (QED) is 0.453. The van der Waals surface area contributed by atoms with Crippen molar-refractivity contribution in [2.75, 3.05) is 6.54 Å². The lowest BCUT2D eigenvalue weighted by molar-refractivity contribution is -0.126. The van der Waals surface area contributed by atoms with E-state index in [1.165, 1.54) is 26.5 Å². The van der Waals surface area contributed by atoms with Crippen molar-refractivity contribution in [2.24, 2.45) is 11.8 Å². The van der Waals surface area contributed by atoms with E-state index in [9.17, 15) is 18.8 Å². The second-order valence-corrected chi connectivity index (χ2v) is 10.1. The van der Waals surface area contributed by atoms with Crippen LogP contribution in [0.4, 0.5) is 4.39 Å². The fourth-order valence-corrected chi connectivity index (χ4v) is 5.68. The van der Waals surface area contributed by atoms with Gasteiger partial charge in [0.2, 0.25) is 5.91 Å². The third-order valence-corrected chi connectivity index (χ3v) is 7.75. The number of nitrogens with one attached hydrogen (secondary N) is 1. The van der Waals surface area contributed by atoms with Crippen molar-refractivity contribution in [3.05, 3.63) is 67.9 Å². The van der Waals surface area contributed by atoms with E-state index in [-0.39, 0.29) is 35.7 Å². The number of hydrogen-bond donors (Lipinski definition) is 1. The van der Waals surface area contributed by atoms with E-state index in [4.69, 9.17) is 0 Å². The molecule has 2 aromatic heterocycles. The van der Waals surface area contributed by atoms with Gasteiger partial charge in [0.15, 0.2) is 0 Å². The molecule has 1 aliphatic carbocycles. The molecule has 1 amide bonds. The molecule has 3 aromatic rings. The van der Waals surface area contributed by atoms with Gasteiger partial charge in [-0.25, -0.2) is 9.18 Å². The Hall–Kier alpha value is -2.74. The number of fused-ring (bicyclic) bond motifs is 1. The maximum atomic E-state index is 14.3. The summed E-state index contributed by atoms with van der Waals surface area (Å²) in [5.41, 5.74) is 0.265. The minimum Gasteiger partial charge on any atom is -0.356 e. The molecule has 1 fully saturated rings. The maximum absolute atomic E-state index is 14.3. The average Bonchev–Trinajstić information content (AvgIpc) is 3.34. The van der Waals surface area contributed by atoms with E-state index in [1.54, 1.807) is 29.6 Å². The highest BCUT2D eigenvalue weighted by Gasteiger charge is 2.27. The standard InChI is InChI=1S/C26H32FN3O3S/c1-2-3-6-14-28-24(31)19-11-9-18(10-12-19)16-30-25(32)23-22(13-15-34-23)29(26(30)33)17-20-7-4-5-8-21(20)27/h4-5,7-8,13,15,18-19H,2-3,6,9-12,14,16-17H2,1H3,(H,28,31). The van der Waals surface area contributed by atoms with Crippen molar-refractivity contribution in [3.63, 3.8) is 0 Å². The number of nitrogens with zero attached hydrogens (tertiary/aromatic N) is 2. The highest BCUT2D eigenvalue weighted by molar-refractivity contribution is 7.17. The van der Waals surface area contributed by atoms with E-state index >= 15 is 0 Å². The van der Waals surface area contributed by atoms with Crippen molar-refractivity contribution in [2.45, 2.75) is 65.0 Å². The Balaban J connectivity index is 1.49. The molecule has 0 atom stereocenters. The SMILES string of the molecule is CCCCCNC(=O)C1CCC(Cn2c(=O)c3sccc3n(Cc3ccccc3F)c2=O)CC1. The lowest BCUT2D eigenvalue weighted by Crippen LogP contribution is -2.42. The van der Waals surface area contributed by atoms with Crippen LogP contribution in [0.3, 0.4) is 0 Å². The smallest absolute Gasteiger partial charge is 0.331 e. The zero-order chi connectivity index (χ0) is 24.1. The van der Waals surface area contributed by atoms with Crippen LogP contribution in [0.15, 0.2) is 45.3 Å². The molecule has 1 saturated carbocycles. The summed E-state index contributed by atoms with van der Waals surface area (Å²) in [6.07, 6.45) is 6.38. The van der Waals surface area contributed by atoms with Gasteiger partial charge in [0.1, 0.15) is 10.5 Å². The van der Waals surface area contributed by atoms with Crippen LogP contribution in [0.2, 0.25) is 0 Å². The number of rotatable bonds is 9. The van der Waals surface area contributed by atoms with E-state index in [2.05, 4.69) is 12.2 Å². The Labute approximate surface area is 202 Å². The number of carbonyl (C=O) groups excluding carboxylic acids is 1. The van der Waals surface area contributed by atoms with Crippen LogP contribution in [0.25, 0.3) is 10.2 Å². The summed E-state index contributed by atoms with van der Waals surface area (Å²) in [6, 6.07) is 8.13. The highest BCUT2D eigenvalue weighted by atomic mass is 32.1. The molecule has 0 unspecified atom stereocenters. The maximum Gasteiger partial charge on any atom is 0.331 e. The van der Waals surface area contributed by atoms with Crippen molar-refractivity contribution >= 4 is 27.5 Å². The molecule has 0 aliphatic heterocycles. The zero-order valence-corrected chi connectivity index (χ0v) is 20.4. The summed E-state index contributed by atoms with van der Waals surface area (Å²) in [4.78, 5) is 38.9. The normalized spacial score (nSPS) is 18.3. The number of benzene rings is 1. The molecule has 34 heavy (non-hydrogen) atoms. The minimum absolute atomic E-state index is 0.00656. The fourth-order valence-electron chi connectivity index (χ4n) is 4.84. The Kier molecular flexibility index (Phi) is 7.98. The van der Waals surface area contributed by atoms with E-state index < -0.39 is 5.69 Å². The van der Waals surface area contributed by atoms with Crippen LogP contribution in [0.1, 0.15) is 57.4 Å². The molecule has 182 valence electrons. The first-order valence-electron chi connectivity index (χ1n) is 12.2. The topological polar surface area (TPSA) is 73.1 Å². The van der Waals surface area contributed by atoms with Gasteiger partial charge in [-0.3, -0.25) is 18.7 Å². The van der Waals surface area contributed by atoms with Gasteiger partial charge in [0.25, 0.3) is 5.56 Å². The number of aromatic nitrogens is 2. The van der Waals surface area contributed by atoms with Crippen molar-refractivity contribution in [3.8, 4) is 0 Å². The lowest BCUT2D eigenvalue weighted by Gasteiger charge is -2.28. The molecule has 0 radical (unpaired) electrons. The third kappa shape index (κ3) is 5.32. The number of amides is 1.